The van der Waals surface area contributed by atoms with E-state index in [1.54, 1.807) is 42.5 Å². The fourth-order valence-electron chi connectivity index (χ4n) is 2.41. The number of benzene rings is 2. The first kappa shape index (κ1) is 16.6. The molecule has 2 aromatic rings. The monoisotopic (exact) mass is 342 g/mol. The molecule has 0 atom stereocenters. The second-order valence-electron chi connectivity index (χ2n) is 5.32. The zero-order chi connectivity index (χ0) is 17.6. The summed E-state index contributed by atoms with van der Waals surface area (Å²) < 4.78 is 15.6. The van der Waals surface area contributed by atoms with Gasteiger partial charge in [-0.3, -0.25) is 9.59 Å². The molecule has 7 heteroatoms. The fourth-order valence-corrected chi connectivity index (χ4v) is 2.41. The molecule has 0 bridgehead atoms. The minimum Gasteiger partial charge on any atom is -0.496 e. The van der Waals surface area contributed by atoms with Crippen molar-refractivity contribution < 1.29 is 23.8 Å². The van der Waals surface area contributed by atoms with Crippen LogP contribution >= 0.6 is 0 Å². The Labute approximate surface area is 144 Å². The first-order valence-corrected chi connectivity index (χ1v) is 7.78. The number of nitrogens with one attached hydrogen (secondary N) is 2. The molecular formula is C18H18N2O5. The molecule has 0 fully saturated rings. The van der Waals surface area contributed by atoms with Crippen molar-refractivity contribution in [1.29, 1.82) is 0 Å². The van der Waals surface area contributed by atoms with Gasteiger partial charge in [0.05, 0.1) is 12.7 Å². The van der Waals surface area contributed by atoms with E-state index in [-0.39, 0.29) is 31.6 Å². The van der Waals surface area contributed by atoms with Crippen molar-refractivity contribution >= 4 is 17.5 Å². The highest BCUT2D eigenvalue weighted by atomic mass is 16.7. The molecule has 1 aliphatic heterocycles. The summed E-state index contributed by atoms with van der Waals surface area (Å²) in [6, 6.07) is 12.1. The van der Waals surface area contributed by atoms with Gasteiger partial charge in [0.2, 0.25) is 12.7 Å². The van der Waals surface area contributed by atoms with Crippen LogP contribution in [-0.4, -0.2) is 32.3 Å². The number of fused-ring (bicyclic) bond motifs is 1. The molecule has 1 aliphatic rings. The molecule has 0 saturated carbocycles. The molecule has 3 rings (SSSR count). The van der Waals surface area contributed by atoms with Gasteiger partial charge >= 0.3 is 0 Å². The average molecular weight is 342 g/mol. The number of carbonyl (C=O) groups excluding carboxylic acids is 2. The number of anilines is 1. The zero-order valence-corrected chi connectivity index (χ0v) is 13.7. The van der Waals surface area contributed by atoms with Crippen LogP contribution in [0.3, 0.4) is 0 Å². The summed E-state index contributed by atoms with van der Waals surface area (Å²) in [5.74, 6) is 1.25. The molecule has 0 spiro atoms. The molecule has 25 heavy (non-hydrogen) atoms. The van der Waals surface area contributed by atoms with Gasteiger partial charge in [-0.15, -0.1) is 0 Å². The maximum Gasteiger partial charge on any atom is 0.255 e. The lowest BCUT2D eigenvalue weighted by Crippen LogP contribution is -2.28. The molecule has 7 nitrogen and oxygen atoms in total. The van der Waals surface area contributed by atoms with Gasteiger partial charge < -0.3 is 24.8 Å². The van der Waals surface area contributed by atoms with Crippen molar-refractivity contribution in [3.05, 3.63) is 48.0 Å². The third kappa shape index (κ3) is 4.00. The van der Waals surface area contributed by atoms with Crippen LogP contribution in [0.5, 0.6) is 17.2 Å². The molecule has 130 valence electrons. The summed E-state index contributed by atoms with van der Waals surface area (Å²) >= 11 is 0. The second-order valence-corrected chi connectivity index (χ2v) is 5.32. The fraction of sp³-hybridized carbons (Fsp3) is 0.222. The number of hydrogen-bond acceptors (Lipinski definition) is 5. The van der Waals surface area contributed by atoms with E-state index in [0.29, 0.717) is 28.5 Å². The summed E-state index contributed by atoms with van der Waals surface area (Å²) in [6.07, 6.45) is 0.148. The molecule has 0 radical (unpaired) electrons. The van der Waals surface area contributed by atoms with Crippen LogP contribution in [0.15, 0.2) is 42.5 Å². The third-order valence-electron chi connectivity index (χ3n) is 3.65. The summed E-state index contributed by atoms with van der Waals surface area (Å²) in [7, 11) is 1.50. The highest BCUT2D eigenvalue weighted by molar-refractivity contribution is 5.97. The quantitative estimate of drug-likeness (QED) is 0.840. The lowest BCUT2D eigenvalue weighted by Gasteiger charge is -2.09. The number of carbonyl (C=O) groups is 2. The van der Waals surface area contributed by atoms with Crippen molar-refractivity contribution in [2.24, 2.45) is 0 Å². The van der Waals surface area contributed by atoms with Crippen LogP contribution in [0, 0.1) is 0 Å². The topological polar surface area (TPSA) is 85.9 Å². The van der Waals surface area contributed by atoms with Crippen molar-refractivity contribution in [1.82, 2.24) is 5.32 Å². The predicted octanol–water partition coefficient (Wildman–Crippen LogP) is 2.18. The van der Waals surface area contributed by atoms with Crippen LogP contribution < -0.4 is 24.8 Å². The number of hydrogen-bond donors (Lipinski definition) is 2. The van der Waals surface area contributed by atoms with Crippen LogP contribution in [-0.2, 0) is 4.79 Å². The van der Waals surface area contributed by atoms with E-state index in [1.807, 2.05) is 0 Å². The van der Waals surface area contributed by atoms with E-state index < -0.39 is 0 Å². The molecule has 1 heterocycles. The molecule has 0 aromatic heterocycles. The average Bonchev–Trinajstić information content (AvgIpc) is 3.09. The van der Waals surface area contributed by atoms with Crippen molar-refractivity contribution in [3.8, 4) is 17.2 Å². The van der Waals surface area contributed by atoms with Gasteiger partial charge in [-0.05, 0) is 24.3 Å². The second kappa shape index (κ2) is 7.57. The van der Waals surface area contributed by atoms with Gasteiger partial charge in [-0.25, -0.2) is 0 Å². The molecule has 0 unspecified atom stereocenters. The van der Waals surface area contributed by atoms with Gasteiger partial charge in [-0.2, -0.15) is 0 Å². The lowest BCUT2D eigenvalue weighted by molar-refractivity contribution is -0.116. The Morgan fingerprint density at radius 2 is 1.92 bits per heavy atom. The Morgan fingerprint density at radius 3 is 2.76 bits per heavy atom. The smallest absolute Gasteiger partial charge is 0.255 e. The number of rotatable bonds is 6. The standard InChI is InChI=1S/C18H18N2O5/c1-23-14-5-3-2-4-13(14)18(22)19-9-8-17(21)20-12-6-7-15-16(10-12)25-11-24-15/h2-7,10H,8-9,11H2,1H3,(H,19,22)(H,20,21). The van der Waals surface area contributed by atoms with E-state index in [0.717, 1.165) is 0 Å². The van der Waals surface area contributed by atoms with E-state index in [4.69, 9.17) is 14.2 Å². The Kier molecular flexibility index (Phi) is 5.03. The van der Waals surface area contributed by atoms with Gasteiger partial charge in [0.25, 0.3) is 5.91 Å². The maximum absolute atomic E-state index is 12.1. The van der Waals surface area contributed by atoms with Gasteiger partial charge in [0, 0.05) is 24.7 Å². The normalized spacial score (nSPS) is 11.7. The van der Waals surface area contributed by atoms with Crippen LogP contribution in [0.4, 0.5) is 5.69 Å². The third-order valence-corrected chi connectivity index (χ3v) is 3.65. The lowest BCUT2D eigenvalue weighted by atomic mass is 10.2. The van der Waals surface area contributed by atoms with Crippen molar-refractivity contribution in [2.75, 3.05) is 25.8 Å². The summed E-state index contributed by atoms with van der Waals surface area (Å²) in [5.41, 5.74) is 1.05. The van der Waals surface area contributed by atoms with Gasteiger partial charge in [0.1, 0.15) is 5.75 Å². The minimum absolute atomic E-state index is 0.148. The molecule has 2 N–H and O–H groups in total. The Hall–Kier alpha value is -3.22. The maximum atomic E-state index is 12.1. The number of methoxy groups -OCH3 is 1. The number of para-hydroxylation sites is 1. The predicted molar refractivity (Wildman–Crippen MR) is 91.1 cm³/mol. The molecular weight excluding hydrogens is 324 g/mol. The molecule has 0 saturated heterocycles. The number of ether oxygens (including phenoxy) is 3. The first-order chi connectivity index (χ1) is 12.2. The number of amides is 2. The Bertz CT molecular complexity index is 791. The van der Waals surface area contributed by atoms with Crippen molar-refractivity contribution in [3.63, 3.8) is 0 Å². The molecule has 2 amide bonds. The van der Waals surface area contributed by atoms with Crippen molar-refractivity contribution in [2.45, 2.75) is 6.42 Å². The molecule has 0 aliphatic carbocycles. The van der Waals surface area contributed by atoms with E-state index in [2.05, 4.69) is 10.6 Å². The summed E-state index contributed by atoms with van der Waals surface area (Å²) in [5, 5.41) is 5.46. The minimum atomic E-state index is -0.284. The van der Waals surface area contributed by atoms with E-state index in [9.17, 15) is 9.59 Å². The molecule has 2 aromatic carbocycles. The summed E-state index contributed by atoms with van der Waals surface area (Å²) in [6.45, 7) is 0.398. The van der Waals surface area contributed by atoms with Crippen LogP contribution in [0.1, 0.15) is 16.8 Å². The zero-order valence-electron chi connectivity index (χ0n) is 13.7. The SMILES string of the molecule is COc1ccccc1C(=O)NCCC(=O)Nc1ccc2c(c1)OCO2. The van der Waals surface area contributed by atoms with Crippen LogP contribution in [0.2, 0.25) is 0 Å². The van der Waals surface area contributed by atoms with E-state index >= 15 is 0 Å². The Morgan fingerprint density at radius 1 is 1.12 bits per heavy atom. The Balaban J connectivity index is 1.48. The largest absolute Gasteiger partial charge is 0.496 e. The van der Waals surface area contributed by atoms with E-state index in [1.165, 1.54) is 7.11 Å². The highest BCUT2D eigenvalue weighted by Crippen LogP contribution is 2.34. The van der Waals surface area contributed by atoms with Crippen LogP contribution in [0.25, 0.3) is 0 Å². The van der Waals surface area contributed by atoms with Gasteiger partial charge in [0.15, 0.2) is 11.5 Å². The highest BCUT2D eigenvalue weighted by Gasteiger charge is 2.15. The summed E-state index contributed by atoms with van der Waals surface area (Å²) in [4.78, 5) is 24.1. The van der Waals surface area contributed by atoms with Gasteiger partial charge in [-0.1, -0.05) is 12.1 Å². The first-order valence-electron chi connectivity index (χ1n) is 7.78.